The minimum atomic E-state index is -1.24. The number of aromatic nitrogens is 2. The maximum Gasteiger partial charge on any atom is 0.341 e. The van der Waals surface area contributed by atoms with Crippen LogP contribution in [0.3, 0.4) is 0 Å². The molecule has 0 aliphatic rings. The zero-order chi connectivity index (χ0) is 25.0. The van der Waals surface area contributed by atoms with Gasteiger partial charge >= 0.3 is 5.97 Å². The average Bonchev–Trinajstić information content (AvgIpc) is 3.16. The molecule has 35 heavy (non-hydrogen) atoms. The summed E-state index contributed by atoms with van der Waals surface area (Å²) in [5.41, 5.74) is 5.46. The van der Waals surface area contributed by atoms with E-state index in [1.54, 1.807) is 4.57 Å². The molecule has 1 heterocycles. The van der Waals surface area contributed by atoms with Gasteiger partial charge in [-0.15, -0.1) is 0 Å². The molecular weight excluding hydrogens is 480 g/mol. The highest BCUT2D eigenvalue weighted by Gasteiger charge is 2.18. The summed E-state index contributed by atoms with van der Waals surface area (Å²) in [5, 5.41) is 9.64. The minimum absolute atomic E-state index is 0.197. The molecule has 4 aromatic rings. The summed E-state index contributed by atoms with van der Waals surface area (Å²) in [6, 6.07) is 23.3. The van der Waals surface area contributed by atoms with E-state index in [0.29, 0.717) is 17.1 Å². The fourth-order valence-corrected chi connectivity index (χ4v) is 4.74. The molecule has 4 rings (SSSR count). The number of hydrogen-bond donors (Lipinski definition) is 1. The number of ether oxygens (including phenoxy) is 2. The van der Waals surface area contributed by atoms with Crippen molar-refractivity contribution in [3.05, 3.63) is 71.8 Å². The largest absolute Gasteiger partial charge is 0.479 e. The number of fused-ring (bicyclic) bond motifs is 1. The Kier molecular flexibility index (Phi) is 7.59. The van der Waals surface area contributed by atoms with E-state index in [-0.39, 0.29) is 12.7 Å². The first-order valence-electron chi connectivity index (χ1n) is 11.5. The van der Waals surface area contributed by atoms with Crippen LogP contribution in [0, 0.1) is 0 Å². The number of carbonyl (C=O) groups is 1. The zero-order valence-corrected chi connectivity index (χ0v) is 21.9. The van der Waals surface area contributed by atoms with E-state index >= 15 is 0 Å². The summed E-state index contributed by atoms with van der Waals surface area (Å²) >= 11 is 6.71. The highest BCUT2D eigenvalue weighted by molar-refractivity contribution is 6.76. The van der Waals surface area contributed by atoms with Crippen molar-refractivity contribution in [2.45, 2.75) is 32.4 Å². The predicted molar refractivity (Wildman–Crippen MR) is 143 cm³/mol. The van der Waals surface area contributed by atoms with Crippen LogP contribution >= 0.6 is 11.6 Å². The van der Waals surface area contributed by atoms with Gasteiger partial charge in [0.1, 0.15) is 6.73 Å². The summed E-state index contributed by atoms with van der Waals surface area (Å²) in [4.78, 5) is 15.6. The van der Waals surface area contributed by atoms with Crippen LogP contribution in [-0.4, -0.2) is 41.9 Å². The monoisotopic (exact) mass is 508 g/mol. The third-order valence-corrected chi connectivity index (χ3v) is 7.66. The topological polar surface area (TPSA) is 73.6 Å². The fraction of sp³-hybridized carbons (Fsp3) is 0.259. The first kappa shape index (κ1) is 25.0. The van der Waals surface area contributed by atoms with Crippen LogP contribution < -0.4 is 4.74 Å². The molecule has 0 fully saturated rings. The molecule has 0 bridgehead atoms. The van der Waals surface area contributed by atoms with Gasteiger partial charge in [-0.25, -0.2) is 4.79 Å². The molecule has 8 heteroatoms. The van der Waals surface area contributed by atoms with E-state index in [1.807, 2.05) is 42.5 Å². The summed E-state index contributed by atoms with van der Waals surface area (Å²) in [5.74, 6) is -1.07. The van der Waals surface area contributed by atoms with Gasteiger partial charge in [-0.3, -0.25) is 4.57 Å². The lowest BCUT2D eigenvalue weighted by molar-refractivity contribution is -0.139. The molecule has 1 aromatic heterocycles. The molecule has 0 spiro atoms. The molecule has 6 nitrogen and oxygen atoms in total. The number of benzene rings is 3. The standard InChI is InChI=1S/C27H29ClN2O4Si/c1-35(2,3)14-13-33-18-30-25-16-23(28)22(15-24(25)29-27(30)34-17-26(31)32)21-11-9-20(10-12-21)19-7-5-4-6-8-19/h4-12,15-16H,13-14,17-18H2,1-3H3,(H,31,32). The highest BCUT2D eigenvalue weighted by Crippen LogP contribution is 2.35. The Bertz CT molecular complexity index is 1320. The highest BCUT2D eigenvalue weighted by atomic mass is 35.5. The summed E-state index contributed by atoms with van der Waals surface area (Å²) in [6.07, 6.45) is 0. The fourth-order valence-electron chi connectivity index (χ4n) is 3.71. The van der Waals surface area contributed by atoms with Crippen molar-refractivity contribution in [3.8, 4) is 28.3 Å². The lowest BCUT2D eigenvalue weighted by Crippen LogP contribution is -2.22. The van der Waals surface area contributed by atoms with Crippen LogP contribution in [0.15, 0.2) is 66.7 Å². The smallest absolute Gasteiger partial charge is 0.341 e. The van der Waals surface area contributed by atoms with Crippen molar-refractivity contribution < 1.29 is 19.4 Å². The van der Waals surface area contributed by atoms with E-state index in [9.17, 15) is 4.79 Å². The van der Waals surface area contributed by atoms with Crippen LogP contribution in [0.4, 0.5) is 0 Å². The molecule has 0 radical (unpaired) electrons. The first-order valence-corrected chi connectivity index (χ1v) is 15.6. The molecular formula is C27H29ClN2O4Si. The van der Waals surface area contributed by atoms with Crippen LogP contribution in [-0.2, 0) is 16.3 Å². The quantitative estimate of drug-likeness (QED) is 0.188. The normalized spacial score (nSPS) is 11.7. The Morgan fingerprint density at radius 3 is 2.31 bits per heavy atom. The summed E-state index contributed by atoms with van der Waals surface area (Å²) in [6.45, 7) is 7.21. The second-order valence-electron chi connectivity index (χ2n) is 9.62. The predicted octanol–water partition coefficient (Wildman–Crippen LogP) is 6.80. The Hall–Kier alpha value is -3.13. The van der Waals surface area contributed by atoms with Gasteiger partial charge in [-0.1, -0.05) is 85.8 Å². The maximum atomic E-state index is 11.1. The van der Waals surface area contributed by atoms with Gasteiger partial charge in [0.25, 0.3) is 6.01 Å². The van der Waals surface area contributed by atoms with Gasteiger partial charge < -0.3 is 14.6 Å². The Labute approximate surface area is 211 Å². The minimum Gasteiger partial charge on any atom is -0.479 e. The van der Waals surface area contributed by atoms with E-state index in [2.05, 4.69) is 48.9 Å². The van der Waals surface area contributed by atoms with E-state index < -0.39 is 20.7 Å². The van der Waals surface area contributed by atoms with Crippen molar-refractivity contribution in [1.82, 2.24) is 9.55 Å². The third-order valence-electron chi connectivity index (χ3n) is 5.65. The molecule has 0 aliphatic carbocycles. The van der Waals surface area contributed by atoms with Crippen molar-refractivity contribution >= 4 is 36.7 Å². The number of carboxylic acids is 1. The van der Waals surface area contributed by atoms with Gasteiger partial charge in [0.05, 0.1) is 16.1 Å². The molecule has 0 atom stereocenters. The summed E-state index contributed by atoms with van der Waals surface area (Å²) in [7, 11) is -1.24. The number of nitrogens with zero attached hydrogens (tertiary/aromatic N) is 2. The van der Waals surface area contributed by atoms with Crippen molar-refractivity contribution in [3.63, 3.8) is 0 Å². The van der Waals surface area contributed by atoms with Gasteiger partial charge in [0.2, 0.25) is 0 Å². The van der Waals surface area contributed by atoms with Crippen LogP contribution in [0.5, 0.6) is 6.01 Å². The summed E-state index contributed by atoms with van der Waals surface area (Å²) < 4.78 is 13.1. The number of carboxylic acid groups (broad SMARTS) is 1. The number of rotatable bonds is 10. The third kappa shape index (κ3) is 6.31. The van der Waals surface area contributed by atoms with Crippen molar-refractivity contribution in [1.29, 1.82) is 0 Å². The molecule has 3 aromatic carbocycles. The second-order valence-corrected chi connectivity index (χ2v) is 15.6. The Balaban J connectivity index is 1.64. The lowest BCUT2D eigenvalue weighted by atomic mass is 10.00. The van der Waals surface area contributed by atoms with Crippen LogP contribution in [0.25, 0.3) is 33.3 Å². The second kappa shape index (κ2) is 10.6. The number of aliphatic carboxylic acids is 1. The number of imidazole rings is 1. The van der Waals surface area contributed by atoms with Crippen LogP contribution in [0.2, 0.25) is 30.7 Å². The van der Waals surface area contributed by atoms with Gasteiger partial charge in [-0.05, 0) is 34.9 Å². The zero-order valence-electron chi connectivity index (χ0n) is 20.1. The average molecular weight is 509 g/mol. The Morgan fingerprint density at radius 1 is 1.00 bits per heavy atom. The first-order chi connectivity index (χ1) is 16.7. The van der Waals surface area contributed by atoms with Gasteiger partial charge in [0, 0.05) is 20.2 Å². The molecule has 0 unspecified atom stereocenters. The molecule has 0 amide bonds. The molecule has 0 aliphatic heterocycles. The van der Waals surface area contributed by atoms with E-state index in [1.165, 1.54) is 0 Å². The van der Waals surface area contributed by atoms with Gasteiger partial charge in [-0.2, -0.15) is 4.98 Å². The Morgan fingerprint density at radius 2 is 1.66 bits per heavy atom. The molecule has 0 saturated carbocycles. The van der Waals surface area contributed by atoms with E-state index in [4.69, 9.17) is 26.2 Å². The van der Waals surface area contributed by atoms with Crippen molar-refractivity contribution in [2.75, 3.05) is 13.2 Å². The SMILES string of the molecule is C[Si](C)(C)CCOCn1c(OCC(=O)O)nc2cc(-c3ccc(-c4ccccc4)cc3)c(Cl)cc21. The number of hydrogen-bond acceptors (Lipinski definition) is 4. The van der Waals surface area contributed by atoms with E-state index in [0.717, 1.165) is 33.8 Å². The van der Waals surface area contributed by atoms with Crippen LogP contribution in [0.1, 0.15) is 0 Å². The number of halogens is 1. The molecule has 182 valence electrons. The molecule has 1 N–H and O–H groups in total. The van der Waals surface area contributed by atoms with Crippen molar-refractivity contribution in [2.24, 2.45) is 0 Å². The van der Waals surface area contributed by atoms with Gasteiger partial charge in [0.15, 0.2) is 6.61 Å². The lowest BCUT2D eigenvalue weighted by Gasteiger charge is -2.16. The molecule has 0 saturated heterocycles. The maximum absolute atomic E-state index is 11.1.